The number of fused-ring (bicyclic) bond motifs is 1. The van der Waals surface area contributed by atoms with Gasteiger partial charge in [0.1, 0.15) is 16.6 Å². The molecule has 118 valence electrons. The van der Waals surface area contributed by atoms with E-state index < -0.39 is 0 Å². The third kappa shape index (κ3) is 2.85. The highest BCUT2D eigenvalue weighted by molar-refractivity contribution is 7.14. The highest BCUT2D eigenvalue weighted by Crippen LogP contribution is 2.34. The van der Waals surface area contributed by atoms with Crippen LogP contribution in [-0.4, -0.2) is 11.8 Å². The van der Waals surface area contributed by atoms with Crippen molar-refractivity contribution in [2.24, 2.45) is 0 Å². The Labute approximate surface area is 146 Å². The number of aromatic nitrogens is 1. The van der Waals surface area contributed by atoms with E-state index in [0.29, 0.717) is 16.3 Å². The van der Waals surface area contributed by atoms with E-state index in [9.17, 15) is 5.26 Å². The molecule has 0 saturated carbocycles. The second-order valence-electron chi connectivity index (χ2n) is 4.90. The van der Waals surface area contributed by atoms with Crippen molar-refractivity contribution in [3.05, 3.63) is 52.3 Å². The molecule has 7 heteroatoms. The van der Waals surface area contributed by atoms with Gasteiger partial charge in [0.2, 0.25) is 6.79 Å². The van der Waals surface area contributed by atoms with Crippen molar-refractivity contribution in [3.63, 3.8) is 0 Å². The quantitative estimate of drug-likeness (QED) is 0.696. The largest absolute Gasteiger partial charge is 0.454 e. The first kappa shape index (κ1) is 14.8. The lowest BCUT2D eigenvalue weighted by Crippen LogP contribution is -1.93. The van der Waals surface area contributed by atoms with Crippen LogP contribution in [0.25, 0.3) is 16.1 Å². The van der Waals surface area contributed by atoms with Gasteiger partial charge in [-0.05, 0) is 23.6 Å². The van der Waals surface area contributed by atoms with E-state index >= 15 is 0 Å². The number of nitriles is 1. The van der Waals surface area contributed by atoms with Crippen LogP contribution in [0.2, 0.25) is 0 Å². The van der Waals surface area contributed by atoms with Crippen LogP contribution in [0.1, 0.15) is 5.01 Å². The van der Waals surface area contributed by atoms with E-state index in [0.717, 1.165) is 22.0 Å². The molecule has 0 saturated heterocycles. The zero-order valence-electron chi connectivity index (χ0n) is 12.4. The molecular formula is C17H11N3O2S2. The summed E-state index contributed by atoms with van der Waals surface area (Å²) in [6.07, 6.45) is 1.66. The van der Waals surface area contributed by atoms with Crippen LogP contribution in [0.4, 0.5) is 5.69 Å². The minimum atomic E-state index is 0.239. The molecule has 0 unspecified atom stereocenters. The van der Waals surface area contributed by atoms with Crippen molar-refractivity contribution < 1.29 is 9.47 Å². The van der Waals surface area contributed by atoms with E-state index in [2.05, 4.69) is 16.4 Å². The van der Waals surface area contributed by atoms with Crippen molar-refractivity contribution in [1.82, 2.24) is 4.98 Å². The lowest BCUT2D eigenvalue weighted by atomic mass is 10.2. The van der Waals surface area contributed by atoms with Crippen LogP contribution < -0.4 is 14.8 Å². The maximum Gasteiger partial charge on any atom is 0.231 e. The Hall–Kier alpha value is -2.82. The smallest absolute Gasteiger partial charge is 0.231 e. The van der Waals surface area contributed by atoms with Crippen molar-refractivity contribution in [1.29, 1.82) is 5.26 Å². The van der Waals surface area contributed by atoms with Crippen LogP contribution in [0.15, 0.2) is 47.3 Å². The number of allylic oxidation sites excluding steroid dienone is 1. The van der Waals surface area contributed by atoms with E-state index in [1.807, 2.05) is 41.1 Å². The van der Waals surface area contributed by atoms with Gasteiger partial charge in [-0.1, -0.05) is 6.07 Å². The standard InChI is InChI=1S/C17H11N3O2S2/c18-7-11(17-20-13(9-24-17)16-2-1-5-23-16)8-19-12-3-4-14-15(6-12)22-10-21-14/h1-6,8-9,19H,10H2/b11-8+. The van der Waals surface area contributed by atoms with Gasteiger partial charge < -0.3 is 14.8 Å². The highest BCUT2D eigenvalue weighted by Gasteiger charge is 2.13. The molecule has 1 aliphatic rings. The summed E-state index contributed by atoms with van der Waals surface area (Å²) < 4.78 is 10.6. The minimum Gasteiger partial charge on any atom is -0.454 e. The van der Waals surface area contributed by atoms with Gasteiger partial charge in [-0.2, -0.15) is 5.26 Å². The Morgan fingerprint density at radius 3 is 3.00 bits per heavy atom. The number of thiophene rings is 1. The first-order chi connectivity index (χ1) is 11.8. The third-order valence-corrected chi connectivity index (χ3v) is 5.15. The molecule has 3 heterocycles. The second-order valence-corrected chi connectivity index (χ2v) is 6.70. The molecule has 1 aromatic carbocycles. The molecule has 24 heavy (non-hydrogen) atoms. The van der Waals surface area contributed by atoms with Gasteiger partial charge in [0, 0.05) is 23.3 Å². The summed E-state index contributed by atoms with van der Waals surface area (Å²) in [5.74, 6) is 1.42. The number of hydrogen-bond acceptors (Lipinski definition) is 7. The summed E-state index contributed by atoms with van der Waals surface area (Å²) in [7, 11) is 0. The van der Waals surface area contributed by atoms with E-state index in [-0.39, 0.29) is 6.79 Å². The second kappa shape index (κ2) is 6.35. The molecule has 5 nitrogen and oxygen atoms in total. The lowest BCUT2D eigenvalue weighted by Gasteiger charge is -2.03. The molecule has 3 aromatic rings. The van der Waals surface area contributed by atoms with Crippen molar-refractivity contribution >= 4 is 33.9 Å². The molecule has 1 aliphatic heterocycles. The average molecular weight is 353 g/mol. The number of nitrogens with one attached hydrogen (secondary N) is 1. The fraction of sp³-hybridized carbons (Fsp3) is 0.0588. The van der Waals surface area contributed by atoms with Gasteiger partial charge in [-0.15, -0.1) is 22.7 Å². The zero-order valence-corrected chi connectivity index (χ0v) is 14.0. The summed E-state index contributed by atoms with van der Waals surface area (Å²) in [6, 6.07) is 11.7. The highest BCUT2D eigenvalue weighted by atomic mass is 32.1. The Morgan fingerprint density at radius 1 is 1.25 bits per heavy atom. The number of thiazole rings is 1. The average Bonchev–Trinajstić information content (AvgIpc) is 3.35. The molecule has 4 rings (SSSR count). The maximum absolute atomic E-state index is 9.42. The summed E-state index contributed by atoms with van der Waals surface area (Å²) in [5, 5.41) is 17.2. The number of hydrogen-bond donors (Lipinski definition) is 1. The minimum absolute atomic E-state index is 0.239. The van der Waals surface area contributed by atoms with Crippen LogP contribution in [0.5, 0.6) is 11.5 Å². The summed E-state index contributed by atoms with van der Waals surface area (Å²) >= 11 is 3.09. The maximum atomic E-state index is 9.42. The van der Waals surface area contributed by atoms with Gasteiger partial charge in [0.15, 0.2) is 11.5 Å². The molecular weight excluding hydrogens is 342 g/mol. The number of rotatable bonds is 4. The lowest BCUT2D eigenvalue weighted by molar-refractivity contribution is 0.174. The van der Waals surface area contributed by atoms with Crippen LogP contribution in [0.3, 0.4) is 0 Å². The number of anilines is 1. The summed E-state index contributed by atoms with van der Waals surface area (Å²) in [5.41, 5.74) is 2.21. The third-order valence-electron chi connectivity index (χ3n) is 3.38. The summed E-state index contributed by atoms with van der Waals surface area (Å²) in [6.45, 7) is 0.239. The molecule has 1 N–H and O–H groups in total. The number of benzene rings is 1. The molecule has 0 fully saturated rings. The van der Waals surface area contributed by atoms with Crippen LogP contribution >= 0.6 is 22.7 Å². The normalized spacial score (nSPS) is 12.9. The van der Waals surface area contributed by atoms with E-state index in [1.165, 1.54) is 11.3 Å². The van der Waals surface area contributed by atoms with Crippen molar-refractivity contribution in [2.75, 3.05) is 12.1 Å². The number of nitrogens with zero attached hydrogens (tertiary/aromatic N) is 2. The summed E-state index contributed by atoms with van der Waals surface area (Å²) in [4.78, 5) is 5.64. The Balaban J connectivity index is 1.55. The van der Waals surface area contributed by atoms with Gasteiger partial charge in [0.25, 0.3) is 0 Å². The fourth-order valence-electron chi connectivity index (χ4n) is 2.22. The van der Waals surface area contributed by atoms with E-state index in [1.54, 1.807) is 17.5 Å². The van der Waals surface area contributed by atoms with Crippen molar-refractivity contribution in [2.45, 2.75) is 0 Å². The zero-order chi connectivity index (χ0) is 16.4. The van der Waals surface area contributed by atoms with Crippen LogP contribution in [0, 0.1) is 11.3 Å². The molecule has 0 atom stereocenters. The Bertz CT molecular complexity index is 939. The van der Waals surface area contributed by atoms with Gasteiger partial charge >= 0.3 is 0 Å². The van der Waals surface area contributed by atoms with Crippen molar-refractivity contribution in [3.8, 4) is 28.1 Å². The topological polar surface area (TPSA) is 67.2 Å². The molecule has 0 bridgehead atoms. The molecule has 0 radical (unpaired) electrons. The van der Waals surface area contributed by atoms with E-state index in [4.69, 9.17) is 9.47 Å². The van der Waals surface area contributed by atoms with Gasteiger partial charge in [-0.3, -0.25) is 0 Å². The first-order valence-electron chi connectivity index (χ1n) is 7.10. The predicted molar refractivity (Wildman–Crippen MR) is 95.2 cm³/mol. The molecule has 0 spiro atoms. The Morgan fingerprint density at radius 2 is 2.17 bits per heavy atom. The van der Waals surface area contributed by atoms with Gasteiger partial charge in [-0.25, -0.2) is 4.98 Å². The molecule has 0 aliphatic carbocycles. The first-order valence-corrected chi connectivity index (χ1v) is 8.85. The van der Waals surface area contributed by atoms with Crippen LogP contribution in [-0.2, 0) is 0 Å². The Kier molecular flexibility index (Phi) is 3.91. The molecule has 0 amide bonds. The SMILES string of the molecule is N#C/C(=C\Nc1ccc2c(c1)OCO2)c1nc(-c2cccs2)cs1. The predicted octanol–water partition coefficient (Wildman–Crippen LogP) is 4.58. The fourth-order valence-corrected chi connectivity index (χ4v) is 3.76. The molecule has 2 aromatic heterocycles. The number of ether oxygens (including phenoxy) is 2. The monoisotopic (exact) mass is 353 g/mol. The van der Waals surface area contributed by atoms with Gasteiger partial charge in [0.05, 0.1) is 10.6 Å².